The third-order valence-electron chi connectivity index (χ3n) is 4.41. The number of hydrogen-bond donors (Lipinski definition) is 2. The zero-order valence-electron chi connectivity index (χ0n) is 15.7. The smallest absolute Gasteiger partial charge is 0.234 e. The molecule has 4 aromatic rings. The summed E-state index contributed by atoms with van der Waals surface area (Å²) >= 11 is 1.53. The van der Waals surface area contributed by atoms with Gasteiger partial charge in [0.05, 0.1) is 16.8 Å². The van der Waals surface area contributed by atoms with Gasteiger partial charge in [0.1, 0.15) is 17.4 Å². The summed E-state index contributed by atoms with van der Waals surface area (Å²) in [7, 11) is 0. The van der Waals surface area contributed by atoms with Crippen LogP contribution in [0.1, 0.15) is 17.2 Å². The summed E-state index contributed by atoms with van der Waals surface area (Å²) in [6.45, 7) is 0. The molecule has 0 fully saturated rings. The van der Waals surface area contributed by atoms with Gasteiger partial charge < -0.3 is 20.7 Å². The Morgan fingerprint density at radius 1 is 1.17 bits per heavy atom. The van der Waals surface area contributed by atoms with E-state index in [9.17, 15) is 5.26 Å². The normalized spacial score (nSPS) is 12.3. The van der Waals surface area contributed by atoms with E-state index in [4.69, 9.17) is 20.7 Å². The fourth-order valence-electron chi connectivity index (χ4n) is 3.00. The predicted molar refractivity (Wildman–Crippen MR) is 116 cm³/mol. The van der Waals surface area contributed by atoms with E-state index in [1.54, 1.807) is 18.4 Å². The molecule has 0 amide bonds. The molecule has 1 atom stereocenters. The molecule has 3 heterocycles. The molecule has 0 bridgehead atoms. The molecule has 0 aliphatic rings. The van der Waals surface area contributed by atoms with Crippen molar-refractivity contribution < 1.29 is 9.15 Å². The number of nitriles is 1. The average molecular weight is 415 g/mol. The van der Waals surface area contributed by atoms with Gasteiger partial charge in [-0.05, 0) is 29.6 Å². The van der Waals surface area contributed by atoms with Gasteiger partial charge in [0.25, 0.3) is 0 Å². The molecular weight excluding hydrogens is 398 g/mol. The number of pyridine rings is 1. The molecule has 148 valence electrons. The second-order valence-corrected chi connectivity index (χ2v) is 7.21. The Labute approximate surface area is 176 Å². The zero-order chi connectivity index (χ0) is 20.9. The first-order chi connectivity index (χ1) is 14.7. The number of rotatable bonds is 6. The Hall–Kier alpha value is -4.09. The lowest BCUT2D eigenvalue weighted by Crippen LogP contribution is -2.28. The van der Waals surface area contributed by atoms with Crippen molar-refractivity contribution in [2.24, 2.45) is 16.7 Å². The highest BCUT2D eigenvalue weighted by Gasteiger charge is 2.24. The molecule has 1 unspecified atom stereocenters. The molecule has 0 spiro atoms. The Balaban J connectivity index is 1.88. The number of hydrazone groups is 1. The summed E-state index contributed by atoms with van der Waals surface area (Å²) in [4.78, 5) is 5.54. The molecule has 0 aliphatic heterocycles. The Morgan fingerprint density at radius 2 is 2.00 bits per heavy atom. The van der Waals surface area contributed by atoms with Gasteiger partial charge in [-0.15, -0.1) is 11.3 Å². The lowest BCUT2D eigenvalue weighted by molar-refractivity contribution is 0.260. The van der Waals surface area contributed by atoms with Crippen molar-refractivity contribution in [3.63, 3.8) is 0 Å². The van der Waals surface area contributed by atoms with Crippen LogP contribution in [0.15, 0.2) is 81.8 Å². The van der Waals surface area contributed by atoms with Gasteiger partial charge in [0, 0.05) is 11.1 Å². The monoisotopic (exact) mass is 415 g/mol. The SMILES string of the molecule is N#Cc1c(-c2ccco2)cc(-c2cccs2)nc1OC(/C(N)=N/N)c1ccccc1. The van der Waals surface area contributed by atoms with Crippen molar-refractivity contribution in [1.82, 2.24) is 4.98 Å². The molecule has 1 aromatic carbocycles. The number of aromatic nitrogens is 1. The van der Waals surface area contributed by atoms with Gasteiger partial charge >= 0.3 is 0 Å². The molecule has 0 saturated carbocycles. The lowest BCUT2D eigenvalue weighted by Gasteiger charge is -2.20. The molecule has 3 aromatic heterocycles. The van der Waals surface area contributed by atoms with Gasteiger partial charge in [-0.3, -0.25) is 0 Å². The standard InChI is InChI=1S/C22H17N5O2S/c23-13-16-15(18-8-4-10-28-18)12-17(19-9-5-11-30-19)26-22(16)29-20(21(24)27-25)14-6-2-1-3-7-14/h1-12,20H,25H2,(H2,24,27). The number of nitrogens with zero attached hydrogens (tertiary/aromatic N) is 3. The average Bonchev–Trinajstić information content (AvgIpc) is 3.51. The van der Waals surface area contributed by atoms with Crippen LogP contribution in [0, 0.1) is 11.3 Å². The Bertz CT molecular complexity index is 1200. The summed E-state index contributed by atoms with van der Waals surface area (Å²) < 4.78 is 11.7. The highest BCUT2D eigenvalue weighted by atomic mass is 32.1. The number of hydrogen-bond acceptors (Lipinski definition) is 7. The van der Waals surface area contributed by atoms with Crippen molar-refractivity contribution in [2.75, 3.05) is 0 Å². The van der Waals surface area contributed by atoms with Crippen molar-refractivity contribution in [1.29, 1.82) is 5.26 Å². The summed E-state index contributed by atoms with van der Waals surface area (Å²) in [5, 5.41) is 15.5. The van der Waals surface area contributed by atoms with Gasteiger partial charge in [-0.2, -0.15) is 10.4 Å². The number of thiophene rings is 1. The van der Waals surface area contributed by atoms with E-state index in [1.165, 1.54) is 11.3 Å². The molecule has 30 heavy (non-hydrogen) atoms. The molecular formula is C22H17N5O2S. The highest BCUT2D eigenvalue weighted by molar-refractivity contribution is 7.13. The maximum atomic E-state index is 9.90. The molecule has 4 rings (SSSR count). The van der Waals surface area contributed by atoms with Crippen molar-refractivity contribution in [3.8, 4) is 33.8 Å². The van der Waals surface area contributed by atoms with Crippen LogP contribution in [0.5, 0.6) is 5.88 Å². The third-order valence-corrected chi connectivity index (χ3v) is 5.30. The minimum Gasteiger partial charge on any atom is -0.464 e. The van der Waals surface area contributed by atoms with Crippen LogP contribution in [0.2, 0.25) is 0 Å². The van der Waals surface area contributed by atoms with Crippen LogP contribution in [0.3, 0.4) is 0 Å². The lowest BCUT2D eigenvalue weighted by atomic mass is 10.1. The summed E-state index contributed by atoms with van der Waals surface area (Å²) in [6, 6.07) is 20.7. The third kappa shape index (κ3) is 3.74. The number of furan rings is 1. The van der Waals surface area contributed by atoms with Gasteiger partial charge in [0.15, 0.2) is 11.9 Å². The van der Waals surface area contributed by atoms with Crippen LogP contribution in [0.4, 0.5) is 0 Å². The second-order valence-electron chi connectivity index (χ2n) is 6.26. The minimum atomic E-state index is -0.807. The molecule has 0 saturated heterocycles. The van der Waals surface area contributed by atoms with E-state index in [0.29, 0.717) is 17.0 Å². The predicted octanol–water partition coefficient (Wildman–Crippen LogP) is 4.29. The van der Waals surface area contributed by atoms with Crippen LogP contribution in [-0.2, 0) is 0 Å². The fraction of sp³-hybridized carbons (Fsp3) is 0.0455. The Kier molecular flexibility index (Phi) is 5.46. The number of ether oxygens (including phenoxy) is 1. The Morgan fingerprint density at radius 3 is 2.63 bits per heavy atom. The number of benzene rings is 1. The molecule has 0 aliphatic carbocycles. The van der Waals surface area contributed by atoms with Crippen LogP contribution >= 0.6 is 11.3 Å². The first-order valence-electron chi connectivity index (χ1n) is 8.99. The highest BCUT2D eigenvalue weighted by Crippen LogP contribution is 2.36. The van der Waals surface area contributed by atoms with Crippen LogP contribution < -0.4 is 16.3 Å². The maximum Gasteiger partial charge on any atom is 0.234 e. The summed E-state index contributed by atoms with van der Waals surface area (Å²) in [5.74, 6) is 6.15. The van der Waals surface area contributed by atoms with Crippen molar-refractivity contribution in [3.05, 3.63) is 83.4 Å². The van der Waals surface area contributed by atoms with E-state index >= 15 is 0 Å². The summed E-state index contributed by atoms with van der Waals surface area (Å²) in [5.41, 5.74) is 8.22. The summed E-state index contributed by atoms with van der Waals surface area (Å²) in [6.07, 6.45) is 0.743. The van der Waals surface area contributed by atoms with E-state index in [1.807, 2.05) is 53.9 Å². The molecule has 8 heteroatoms. The quantitative estimate of drug-likeness (QED) is 0.209. The topological polar surface area (TPSA) is 123 Å². The van der Waals surface area contributed by atoms with E-state index in [0.717, 1.165) is 10.4 Å². The molecule has 0 radical (unpaired) electrons. The van der Waals surface area contributed by atoms with E-state index < -0.39 is 6.10 Å². The van der Waals surface area contributed by atoms with Crippen molar-refractivity contribution in [2.45, 2.75) is 6.10 Å². The first-order valence-corrected chi connectivity index (χ1v) is 9.87. The van der Waals surface area contributed by atoms with Crippen LogP contribution in [-0.4, -0.2) is 10.8 Å². The first kappa shape index (κ1) is 19.2. The number of amidine groups is 1. The van der Waals surface area contributed by atoms with Gasteiger partial charge in [-0.1, -0.05) is 36.4 Å². The van der Waals surface area contributed by atoms with Crippen LogP contribution in [0.25, 0.3) is 21.9 Å². The maximum absolute atomic E-state index is 9.90. The van der Waals surface area contributed by atoms with Crippen molar-refractivity contribution >= 4 is 17.2 Å². The fourth-order valence-corrected chi connectivity index (χ4v) is 3.68. The zero-order valence-corrected chi connectivity index (χ0v) is 16.5. The van der Waals surface area contributed by atoms with Gasteiger partial charge in [-0.25, -0.2) is 4.98 Å². The van der Waals surface area contributed by atoms with E-state index in [2.05, 4.69) is 16.2 Å². The number of nitrogens with two attached hydrogens (primary N) is 2. The largest absolute Gasteiger partial charge is 0.464 e. The van der Waals surface area contributed by atoms with E-state index in [-0.39, 0.29) is 17.3 Å². The second kappa shape index (κ2) is 8.51. The molecule has 7 nitrogen and oxygen atoms in total. The van der Waals surface area contributed by atoms with Gasteiger partial charge in [0.2, 0.25) is 5.88 Å². The molecule has 4 N–H and O–H groups in total. The minimum absolute atomic E-state index is 0.0629.